The first kappa shape index (κ1) is 20.7. The molecule has 2 aromatic carbocycles. The average molecular weight is 414 g/mol. The van der Waals surface area contributed by atoms with Crippen molar-refractivity contribution in [3.05, 3.63) is 65.0 Å². The van der Waals surface area contributed by atoms with Gasteiger partial charge in [-0.05, 0) is 32.0 Å². The second-order valence-electron chi connectivity index (χ2n) is 6.11. The molecule has 29 heavy (non-hydrogen) atoms. The standard InChI is InChI=1S/C21H24ClN5O2/c1-3-23-21(24-13-16-8-5-6-11-18(16)28-4-2)25-14-19-26-20(27-29-19)15-9-7-10-17(22)12-15/h5-12H,3-4,13-14H2,1-2H3,(H2,23,24,25). The van der Waals surface area contributed by atoms with E-state index in [1.54, 1.807) is 12.1 Å². The van der Waals surface area contributed by atoms with Crippen LogP contribution in [0.2, 0.25) is 5.02 Å². The molecule has 1 aromatic heterocycles. The summed E-state index contributed by atoms with van der Waals surface area (Å²) in [6.07, 6.45) is 0. The summed E-state index contributed by atoms with van der Waals surface area (Å²) in [5.41, 5.74) is 1.83. The lowest BCUT2D eigenvalue weighted by Crippen LogP contribution is -2.36. The molecule has 1 heterocycles. The van der Waals surface area contributed by atoms with E-state index in [0.717, 1.165) is 23.4 Å². The molecule has 0 saturated heterocycles. The Labute approximate surface area is 175 Å². The van der Waals surface area contributed by atoms with Crippen molar-refractivity contribution in [1.29, 1.82) is 0 Å². The van der Waals surface area contributed by atoms with Crippen LogP contribution in [0, 0.1) is 0 Å². The van der Waals surface area contributed by atoms with Gasteiger partial charge in [-0.3, -0.25) is 0 Å². The van der Waals surface area contributed by atoms with Crippen LogP contribution in [0.25, 0.3) is 11.4 Å². The number of rotatable bonds is 8. The maximum absolute atomic E-state index is 6.02. The number of halogens is 1. The first-order valence-electron chi connectivity index (χ1n) is 9.51. The van der Waals surface area contributed by atoms with E-state index in [0.29, 0.717) is 42.4 Å². The number of ether oxygens (including phenoxy) is 1. The summed E-state index contributed by atoms with van der Waals surface area (Å²) in [4.78, 5) is 9.03. The normalized spacial score (nSPS) is 11.3. The van der Waals surface area contributed by atoms with Crippen LogP contribution < -0.4 is 15.4 Å². The van der Waals surface area contributed by atoms with E-state index >= 15 is 0 Å². The molecule has 0 amide bonds. The van der Waals surface area contributed by atoms with Crippen molar-refractivity contribution in [3.8, 4) is 17.1 Å². The molecule has 0 aliphatic carbocycles. The summed E-state index contributed by atoms with van der Waals surface area (Å²) >= 11 is 6.02. The third-order valence-corrected chi connectivity index (χ3v) is 4.22. The Hall–Kier alpha value is -3.06. The number of aliphatic imine (C=N–C) groups is 1. The Bertz CT molecular complexity index is 958. The third kappa shape index (κ3) is 5.96. The van der Waals surface area contributed by atoms with Crippen molar-refractivity contribution in [2.75, 3.05) is 13.2 Å². The van der Waals surface area contributed by atoms with Crippen LogP contribution in [0.4, 0.5) is 0 Å². The smallest absolute Gasteiger partial charge is 0.246 e. The molecule has 0 fully saturated rings. The van der Waals surface area contributed by atoms with Gasteiger partial charge in [-0.1, -0.05) is 47.1 Å². The first-order chi connectivity index (χ1) is 14.2. The van der Waals surface area contributed by atoms with Crippen LogP contribution in [0.3, 0.4) is 0 Å². The van der Waals surface area contributed by atoms with E-state index in [9.17, 15) is 0 Å². The highest BCUT2D eigenvalue weighted by atomic mass is 35.5. The molecule has 0 unspecified atom stereocenters. The Kier molecular flexibility index (Phi) is 7.47. The Morgan fingerprint density at radius 1 is 1.14 bits per heavy atom. The number of aromatic nitrogens is 2. The molecular formula is C21H24ClN5O2. The highest BCUT2D eigenvalue weighted by molar-refractivity contribution is 6.30. The number of benzene rings is 2. The van der Waals surface area contributed by atoms with E-state index < -0.39 is 0 Å². The second-order valence-corrected chi connectivity index (χ2v) is 6.55. The molecule has 8 heteroatoms. The van der Waals surface area contributed by atoms with Gasteiger partial charge in [0.15, 0.2) is 5.96 Å². The van der Waals surface area contributed by atoms with Gasteiger partial charge in [-0.25, -0.2) is 4.99 Å². The van der Waals surface area contributed by atoms with E-state index in [1.165, 1.54) is 0 Å². The first-order valence-corrected chi connectivity index (χ1v) is 9.88. The lowest BCUT2D eigenvalue weighted by atomic mass is 10.2. The van der Waals surface area contributed by atoms with E-state index in [1.807, 2.05) is 50.2 Å². The van der Waals surface area contributed by atoms with Gasteiger partial charge in [0.25, 0.3) is 0 Å². The molecule has 0 aliphatic rings. The molecule has 152 valence electrons. The summed E-state index contributed by atoms with van der Waals surface area (Å²) in [7, 11) is 0. The molecule has 0 atom stereocenters. The molecule has 0 bridgehead atoms. The van der Waals surface area contributed by atoms with Gasteiger partial charge in [-0.15, -0.1) is 0 Å². The Morgan fingerprint density at radius 3 is 2.79 bits per heavy atom. The Morgan fingerprint density at radius 2 is 2.00 bits per heavy atom. The van der Waals surface area contributed by atoms with Crippen LogP contribution in [0.1, 0.15) is 25.3 Å². The predicted molar refractivity (Wildman–Crippen MR) is 114 cm³/mol. The molecule has 3 aromatic rings. The minimum Gasteiger partial charge on any atom is -0.494 e. The summed E-state index contributed by atoms with van der Waals surface area (Å²) in [5.74, 6) is 2.45. The highest BCUT2D eigenvalue weighted by Gasteiger charge is 2.10. The van der Waals surface area contributed by atoms with Crippen molar-refractivity contribution < 1.29 is 9.26 Å². The second kappa shape index (κ2) is 10.5. The maximum Gasteiger partial charge on any atom is 0.246 e. The minimum absolute atomic E-state index is 0.354. The van der Waals surface area contributed by atoms with Crippen molar-refractivity contribution >= 4 is 17.6 Å². The molecule has 0 saturated carbocycles. The van der Waals surface area contributed by atoms with Crippen LogP contribution in [-0.2, 0) is 13.1 Å². The molecule has 0 spiro atoms. The van der Waals surface area contributed by atoms with Gasteiger partial charge in [-0.2, -0.15) is 4.98 Å². The number of nitrogens with zero attached hydrogens (tertiary/aromatic N) is 3. The van der Waals surface area contributed by atoms with Crippen LogP contribution in [0.15, 0.2) is 58.0 Å². The number of guanidine groups is 1. The summed E-state index contributed by atoms with van der Waals surface area (Å²) in [6.45, 7) is 6.17. The molecular weight excluding hydrogens is 390 g/mol. The summed E-state index contributed by atoms with van der Waals surface area (Å²) in [5, 5.41) is 11.1. The topological polar surface area (TPSA) is 84.6 Å². The van der Waals surface area contributed by atoms with E-state index in [2.05, 4.69) is 25.8 Å². The van der Waals surface area contributed by atoms with Crippen LogP contribution >= 0.6 is 11.6 Å². The largest absolute Gasteiger partial charge is 0.494 e. The molecule has 3 rings (SSSR count). The van der Waals surface area contributed by atoms with Crippen LogP contribution in [-0.4, -0.2) is 29.3 Å². The SMILES string of the molecule is CCNC(=NCc1ccccc1OCC)NCc1nc(-c2cccc(Cl)c2)no1. The molecule has 0 aliphatic heterocycles. The highest BCUT2D eigenvalue weighted by Crippen LogP contribution is 2.20. The van der Waals surface area contributed by atoms with Crippen molar-refractivity contribution in [2.45, 2.75) is 26.9 Å². The zero-order chi connectivity index (χ0) is 20.5. The monoisotopic (exact) mass is 413 g/mol. The number of nitrogens with one attached hydrogen (secondary N) is 2. The summed E-state index contributed by atoms with van der Waals surface area (Å²) < 4.78 is 11.0. The van der Waals surface area contributed by atoms with Crippen molar-refractivity contribution in [1.82, 2.24) is 20.8 Å². The Balaban J connectivity index is 1.65. The molecule has 7 nitrogen and oxygen atoms in total. The van der Waals surface area contributed by atoms with Gasteiger partial charge < -0.3 is 19.9 Å². The van der Waals surface area contributed by atoms with E-state index in [4.69, 9.17) is 20.9 Å². The number of hydrogen-bond donors (Lipinski definition) is 2. The van der Waals surface area contributed by atoms with Gasteiger partial charge in [0.2, 0.25) is 11.7 Å². The minimum atomic E-state index is 0.354. The van der Waals surface area contributed by atoms with Gasteiger partial charge in [0.1, 0.15) is 5.75 Å². The fourth-order valence-electron chi connectivity index (χ4n) is 2.67. The van der Waals surface area contributed by atoms with Gasteiger partial charge in [0.05, 0.1) is 19.7 Å². The maximum atomic E-state index is 6.02. The fraction of sp³-hybridized carbons (Fsp3) is 0.286. The van der Waals surface area contributed by atoms with E-state index in [-0.39, 0.29) is 0 Å². The zero-order valence-electron chi connectivity index (χ0n) is 16.5. The fourth-order valence-corrected chi connectivity index (χ4v) is 2.86. The molecule has 0 radical (unpaired) electrons. The quantitative estimate of drug-likeness (QED) is 0.428. The lowest BCUT2D eigenvalue weighted by Gasteiger charge is -2.11. The predicted octanol–water partition coefficient (Wildman–Crippen LogP) is 4.04. The average Bonchev–Trinajstić information content (AvgIpc) is 3.20. The summed E-state index contributed by atoms with van der Waals surface area (Å²) in [6, 6.07) is 15.2. The third-order valence-electron chi connectivity index (χ3n) is 3.98. The molecule has 2 N–H and O–H groups in total. The lowest BCUT2D eigenvalue weighted by molar-refractivity contribution is 0.336. The van der Waals surface area contributed by atoms with Crippen molar-refractivity contribution in [2.24, 2.45) is 4.99 Å². The van der Waals surface area contributed by atoms with Gasteiger partial charge in [0, 0.05) is 22.7 Å². The van der Waals surface area contributed by atoms with Crippen LogP contribution in [0.5, 0.6) is 5.75 Å². The van der Waals surface area contributed by atoms with Gasteiger partial charge >= 0.3 is 0 Å². The zero-order valence-corrected chi connectivity index (χ0v) is 17.2. The number of hydrogen-bond acceptors (Lipinski definition) is 5. The number of para-hydroxylation sites is 1. The van der Waals surface area contributed by atoms with Crippen molar-refractivity contribution in [3.63, 3.8) is 0 Å².